The van der Waals surface area contributed by atoms with Crippen molar-refractivity contribution in [3.8, 4) is 5.88 Å². The van der Waals surface area contributed by atoms with Crippen molar-refractivity contribution in [3.63, 3.8) is 0 Å². The maximum Gasteiger partial charge on any atom is 0.293 e. The van der Waals surface area contributed by atoms with E-state index < -0.39 is 0 Å². The monoisotopic (exact) mass is 330 g/mol. The van der Waals surface area contributed by atoms with Crippen molar-refractivity contribution in [2.45, 2.75) is 50.6 Å². The lowest BCUT2D eigenvalue weighted by atomic mass is 9.88. The van der Waals surface area contributed by atoms with E-state index in [4.69, 9.17) is 9.26 Å². The molecule has 4 heterocycles. The van der Waals surface area contributed by atoms with E-state index in [2.05, 4.69) is 16.3 Å². The van der Waals surface area contributed by atoms with Gasteiger partial charge in [0.05, 0.1) is 12.7 Å². The molecular formula is C17H22N4O3. The van der Waals surface area contributed by atoms with E-state index in [1.54, 1.807) is 6.07 Å². The van der Waals surface area contributed by atoms with Crippen LogP contribution < -0.4 is 4.74 Å². The summed E-state index contributed by atoms with van der Waals surface area (Å²) in [5, 5.41) is 8.09. The second-order valence-electron chi connectivity index (χ2n) is 6.61. The number of nitrogens with zero attached hydrogens (tertiary/aromatic N) is 4. The minimum atomic E-state index is -0.0654. The van der Waals surface area contributed by atoms with Gasteiger partial charge in [0.15, 0.2) is 0 Å². The molecule has 2 atom stereocenters. The van der Waals surface area contributed by atoms with Gasteiger partial charge >= 0.3 is 0 Å². The third-order valence-electron chi connectivity index (χ3n) is 5.24. The summed E-state index contributed by atoms with van der Waals surface area (Å²) in [5.41, 5.74) is 1.26. The van der Waals surface area contributed by atoms with Crippen LogP contribution in [0.4, 0.5) is 0 Å². The highest BCUT2D eigenvalue weighted by Crippen LogP contribution is 2.43. The standard InChI is InChI=1S/C17H22N4O3/c1-3-23-16-10-15(24-19-16)17(22)21-12-4-5-13(21)9-11(8-12)14-6-7-18-20(14)2/h6-7,10-13H,3-5,8-9H2,1-2H3/t12-,13-/m0/s1. The Bertz CT molecular complexity index is 724. The molecule has 0 aliphatic carbocycles. The summed E-state index contributed by atoms with van der Waals surface area (Å²) in [6, 6.07) is 4.21. The first kappa shape index (κ1) is 15.2. The number of rotatable bonds is 4. The molecule has 4 rings (SSSR count). The lowest BCUT2D eigenvalue weighted by Gasteiger charge is -2.38. The Morgan fingerprint density at radius 2 is 2.12 bits per heavy atom. The molecule has 2 aromatic rings. The Morgan fingerprint density at radius 3 is 2.75 bits per heavy atom. The molecule has 7 nitrogen and oxygen atoms in total. The number of carbonyl (C=O) groups is 1. The zero-order chi connectivity index (χ0) is 16.7. The first-order valence-corrected chi connectivity index (χ1v) is 8.57. The van der Waals surface area contributed by atoms with E-state index in [1.165, 1.54) is 5.69 Å². The maximum absolute atomic E-state index is 12.9. The maximum atomic E-state index is 12.9. The van der Waals surface area contributed by atoms with Crippen LogP contribution in [0.15, 0.2) is 22.9 Å². The van der Waals surface area contributed by atoms with Gasteiger partial charge in [0, 0.05) is 36.9 Å². The Labute approximate surface area is 140 Å². The second kappa shape index (κ2) is 5.96. The van der Waals surface area contributed by atoms with Crippen LogP contribution in [0.3, 0.4) is 0 Å². The highest BCUT2D eigenvalue weighted by molar-refractivity contribution is 5.92. The van der Waals surface area contributed by atoms with Crippen LogP contribution in [0.1, 0.15) is 54.8 Å². The topological polar surface area (TPSA) is 73.4 Å². The van der Waals surface area contributed by atoms with Crippen molar-refractivity contribution in [2.75, 3.05) is 6.61 Å². The van der Waals surface area contributed by atoms with E-state index in [9.17, 15) is 4.79 Å². The Hall–Kier alpha value is -2.31. The van der Waals surface area contributed by atoms with Gasteiger partial charge in [0.25, 0.3) is 11.8 Å². The van der Waals surface area contributed by atoms with Crippen LogP contribution >= 0.6 is 0 Å². The average molecular weight is 330 g/mol. The predicted molar refractivity (Wildman–Crippen MR) is 85.8 cm³/mol. The fourth-order valence-corrected chi connectivity index (χ4v) is 4.24. The third kappa shape index (κ3) is 2.48. The van der Waals surface area contributed by atoms with E-state index in [-0.39, 0.29) is 23.8 Å². The molecule has 2 aliphatic heterocycles. The Kier molecular flexibility index (Phi) is 3.78. The molecular weight excluding hydrogens is 308 g/mol. The van der Waals surface area contributed by atoms with Crippen LogP contribution in [0.2, 0.25) is 0 Å². The number of fused-ring (bicyclic) bond motifs is 2. The molecule has 0 aromatic carbocycles. The van der Waals surface area contributed by atoms with Crippen LogP contribution in [0.25, 0.3) is 0 Å². The number of aromatic nitrogens is 3. The fourth-order valence-electron chi connectivity index (χ4n) is 4.24. The molecule has 0 saturated carbocycles. The van der Waals surface area contributed by atoms with Gasteiger partial charge < -0.3 is 14.2 Å². The number of hydrogen-bond donors (Lipinski definition) is 0. The first-order valence-electron chi connectivity index (χ1n) is 8.57. The zero-order valence-electron chi connectivity index (χ0n) is 14.0. The molecule has 24 heavy (non-hydrogen) atoms. The molecule has 2 aromatic heterocycles. The number of carbonyl (C=O) groups excluding carboxylic acids is 1. The molecule has 2 aliphatic rings. The van der Waals surface area contributed by atoms with Crippen molar-refractivity contribution >= 4 is 5.91 Å². The highest BCUT2D eigenvalue weighted by atomic mass is 16.5. The van der Waals surface area contributed by atoms with Crippen LogP contribution in [0.5, 0.6) is 5.88 Å². The van der Waals surface area contributed by atoms with E-state index in [1.807, 2.05) is 29.7 Å². The van der Waals surface area contributed by atoms with Gasteiger partial charge in [-0.2, -0.15) is 5.10 Å². The van der Waals surface area contributed by atoms with Crippen molar-refractivity contribution < 1.29 is 14.1 Å². The Balaban J connectivity index is 1.51. The van der Waals surface area contributed by atoms with E-state index in [0.717, 1.165) is 25.7 Å². The van der Waals surface area contributed by atoms with Crippen molar-refractivity contribution in [2.24, 2.45) is 7.05 Å². The number of aryl methyl sites for hydroxylation is 1. The summed E-state index contributed by atoms with van der Waals surface area (Å²) >= 11 is 0. The van der Waals surface area contributed by atoms with E-state index >= 15 is 0 Å². The third-order valence-corrected chi connectivity index (χ3v) is 5.24. The summed E-state index contributed by atoms with van der Waals surface area (Å²) in [6.45, 7) is 2.38. The molecule has 0 unspecified atom stereocenters. The average Bonchev–Trinajstić information content (AvgIpc) is 3.26. The Morgan fingerprint density at radius 1 is 1.38 bits per heavy atom. The molecule has 128 valence electrons. The number of piperidine rings is 1. The summed E-state index contributed by atoms with van der Waals surface area (Å²) in [4.78, 5) is 14.9. The van der Waals surface area contributed by atoms with Crippen LogP contribution in [-0.4, -0.2) is 44.4 Å². The first-order chi connectivity index (χ1) is 11.7. The lowest BCUT2D eigenvalue weighted by Crippen LogP contribution is -2.46. The number of ether oxygens (including phenoxy) is 1. The largest absolute Gasteiger partial charge is 0.476 e. The molecule has 7 heteroatoms. The molecule has 0 spiro atoms. The van der Waals surface area contributed by atoms with Gasteiger partial charge in [-0.1, -0.05) is 0 Å². The van der Waals surface area contributed by atoms with Gasteiger partial charge in [-0.3, -0.25) is 9.48 Å². The second-order valence-corrected chi connectivity index (χ2v) is 6.61. The molecule has 1 amide bonds. The number of amides is 1. The van der Waals surface area contributed by atoms with Gasteiger partial charge in [-0.15, -0.1) is 0 Å². The quantitative estimate of drug-likeness (QED) is 0.860. The summed E-state index contributed by atoms with van der Waals surface area (Å²) < 4.78 is 12.4. The van der Waals surface area contributed by atoms with Gasteiger partial charge in [0.2, 0.25) is 5.76 Å². The normalized spacial score (nSPS) is 25.9. The van der Waals surface area contributed by atoms with E-state index in [0.29, 0.717) is 18.4 Å². The van der Waals surface area contributed by atoms with Gasteiger partial charge in [-0.25, -0.2) is 0 Å². The molecule has 0 N–H and O–H groups in total. The van der Waals surface area contributed by atoms with Crippen LogP contribution in [-0.2, 0) is 7.05 Å². The van der Waals surface area contributed by atoms with Gasteiger partial charge in [-0.05, 0) is 43.8 Å². The number of hydrogen-bond acceptors (Lipinski definition) is 5. The van der Waals surface area contributed by atoms with Crippen molar-refractivity contribution in [1.29, 1.82) is 0 Å². The SMILES string of the molecule is CCOc1cc(C(=O)N2[C@H]3CC[C@H]2CC(c2ccnn2C)C3)on1. The zero-order valence-corrected chi connectivity index (χ0v) is 14.0. The smallest absolute Gasteiger partial charge is 0.293 e. The molecule has 0 radical (unpaired) electrons. The fraction of sp³-hybridized carbons (Fsp3) is 0.588. The molecule has 2 saturated heterocycles. The van der Waals surface area contributed by atoms with Gasteiger partial charge in [0.1, 0.15) is 0 Å². The van der Waals surface area contributed by atoms with Crippen molar-refractivity contribution in [1.82, 2.24) is 19.8 Å². The lowest BCUT2D eigenvalue weighted by molar-refractivity contribution is 0.0526. The molecule has 2 fully saturated rings. The van der Waals surface area contributed by atoms with Crippen LogP contribution in [0, 0.1) is 0 Å². The highest BCUT2D eigenvalue weighted by Gasteiger charge is 2.45. The minimum absolute atomic E-state index is 0.0654. The summed E-state index contributed by atoms with van der Waals surface area (Å²) in [7, 11) is 1.98. The van der Waals surface area contributed by atoms with Crippen molar-refractivity contribution in [3.05, 3.63) is 29.8 Å². The summed E-state index contributed by atoms with van der Waals surface area (Å²) in [5.74, 6) is 1.05. The molecule has 2 bridgehead atoms. The summed E-state index contributed by atoms with van der Waals surface area (Å²) in [6.07, 6.45) is 5.91. The minimum Gasteiger partial charge on any atom is -0.476 e. The predicted octanol–water partition coefficient (Wildman–Crippen LogP) is 2.36.